The summed E-state index contributed by atoms with van der Waals surface area (Å²) < 4.78 is 6.16. The van der Waals surface area contributed by atoms with Crippen molar-refractivity contribution in [3.63, 3.8) is 0 Å². The summed E-state index contributed by atoms with van der Waals surface area (Å²) >= 11 is 0. The minimum absolute atomic E-state index is 0.000448. The molecule has 1 spiro atoms. The first kappa shape index (κ1) is 20.3. The number of rotatable bonds is 7. The normalized spacial score (nSPS) is 36.3. The number of amides is 2. The van der Waals surface area contributed by atoms with E-state index in [0.29, 0.717) is 19.4 Å². The maximum atomic E-state index is 13.8. The van der Waals surface area contributed by atoms with Crippen LogP contribution in [0, 0.1) is 11.8 Å². The highest BCUT2D eigenvalue weighted by molar-refractivity contribution is 5.98. The summed E-state index contributed by atoms with van der Waals surface area (Å²) in [5, 5.41) is 19.3. The van der Waals surface area contributed by atoms with E-state index in [1.807, 2.05) is 0 Å². The fraction of sp³-hybridized carbons (Fsp3) is 0.762. The number of aliphatic hydroxyl groups is 1. The van der Waals surface area contributed by atoms with Crippen molar-refractivity contribution >= 4 is 17.8 Å². The Balaban J connectivity index is 1.71. The number of fused-ring (bicyclic) bond motifs is 1. The van der Waals surface area contributed by atoms with Gasteiger partial charge in [-0.15, -0.1) is 6.58 Å². The van der Waals surface area contributed by atoms with Gasteiger partial charge in [0.2, 0.25) is 11.8 Å². The first-order valence-corrected chi connectivity index (χ1v) is 10.7. The van der Waals surface area contributed by atoms with E-state index in [1.165, 1.54) is 4.90 Å². The number of carbonyl (C=O) groups excluding carboxylic acids is 2. The number of carboxylic acids is 1. The quantitative estimate of drug-likeness (QED) is 0.605. The Kier molecular flexibility index (Phi) is 5.42. The van der Waals surface area contributed by atoms with Gasteiger partial charge in [0.05, 0.1) is 24.5 Å². The zero-order valence-corrected chi connectivity index (χ0v) is 16.7. The summed E-state index contributed by atoms with van der Waals surface area (Å²) in [7, 11) is 0. The smallest absolute Gasteiger partial charge is 0.310 e. The van der Waals surface area contributed by atoms with Gasteiger partial charge in [0.15, 0.2) is 0 Å². The summed E-state index contributed by atoms with van der Waals surface area (Å²) in [6.45, 7) is 3.89. The molecule has 8 heteroatoms. The van der Waals surface area contributed by atoms with Crippen molar-refractivity contribution in [2.45, 2.75) is 68.7 Å². The second-order valence-electron chi connectivity index (χ2n) is 8.72. The highest BCUT2D eigenvalue weighted by Gasteiger charge is 2.74. The summed E-state index contributed by atoms with van der Waals surface area (Å²) in [5.74, 6) is -3.43. The van der Waals surface area contributed by atoms with Crippen LogP contribution in [0.1, 0.15) is 44.9 Å². The van der Waals surface area contributed by atoms with Gasteiger partial charge in [-0.25, -0.2) is 0 Å². The van der Waals surface area contributed by atoms with Crippen LogP contribution in [0.25, 0.3) is 0 Å². The molecular weight excluding hydrogens is 376 g/mol. The molecule has 1 saturated carbocycles. The van der Waals surface area contributed by atoms with E-state index in [0.717, 1.165) is 32.1 Å². The highest BCUT2D eigenvalue weighted by Crippen LogP contribution is 2.58. The minimum Gasteiger partial charge on any atom is -0.481 e. The van der Waals surface area contributed by atoms with Crippen molar-refractivity contribution in [3.05, 3.63) is 12.7 Å². The number of likely N-dealkylation sites (tertiary alicyclic amines) is 1. The van der Waals surface area contributed by atoms with Crippen LogP contribution in [-0.4, -0.2) is 81.3 Å². The zero-order valence-electron chi connectivity index (χ0n) is 16.7. The maximum Gasteiger partial charge on any atom is 0.310 e. The van der Waals surface area contributed by atoms with E-state index >= 15 is 0 Å². The number of nitrogens with zero attached hydrogens (tertiary/aromatic N) is 2. The topological polar surface area (TPSA) is 107 Å². The Hall–Kier alpha value is -1.93. The van der Waals surface area contributed by atoms with Gasteiger partial charge in [0.1, 0.15) is 11.6 Å². The van der Waals surface area contributed by atoms with Crippen molar-refractivity contribution < 1.29 is 29.3 Å². The summed E-state index contributed by atoms with van der Waals surface area (Å²) in [4.78, 5) is 42.1. The van der Waals surface area contributed by atoms with Gasteiger partial charge >= 0.3 is 5.97 Å². The molecule has 4 aliphatic rings. The van der Waals surface area contributed by atoms with E-state index in [-0.39, 0.29) is 31.0 Å². The second-order valence-corrected chi connectivity index (χ2v) is 8.72. The summed E-state index contributed by atoms with van der Waals surface area (Å²) in [5.41, 5.74) is -1.11. The van der Waals surface area contributed by atoms with Crippen LogP contribution >= 0.6 is 0 Å². The molecule has 3 aliphatic heterocycles. The molecule has 160 valence electrons. The lowest BCUT2D eigenvalue weighted by molar-refractivity contribution is -0.152. The number of aliphatic hydroxyl groups excluding tert-OH is 1. The average Bonchev–Trinajstić information content (AvgIpc) is 3.35. The zero-order chi connectivity index (χ0) is 20.8. The molecule has 4 fully saturated rings. The first-order chi connectivity index (χ1) is 14.0. The van der Waals surface area contributed by atoms with Crippen LogP contribution in [0.5, 0.6) is 0 Å². The molecule has 1 aliphatic carbocycles. The number of hydrogen-bond donors (Lipinski definition) is 2. The van der Waals surface area contributed by atoms with E-state index in [4.69, 9.17) is 4.74 Å². The Morgan fingerprint density at radius 2 is 2.00 bits per heavy atom. The van der Waals surface area contributed by atoms with Gasteiger partial charge < -0.3 is 24.7 Å². The lowest BCUT2D eigenvalue weighted by Gasteiger charge is -2.40. The maximum absolute atomic E-state index is 13.8. The molecular formula is C21H30N2O6. The molecule has 3 saturated heterocycles. The Morgan fingerprint density at radius 3 is 2.62 bits per heavy atom. The summed E-state index contributed by atoms with van der Waals surface area (Å²) in [6, 6.07) is -0.798. The van der Waals surface area contributed by atoms with E-state index in [9.17, 15) is 24.6 Å². The SMILES string of the molecule is C=CCN(C(=O)C1N(CCO)C(=O)[C@@H]2[C@H](C(=O)O)[C@@H]3CCC12O3)C1CCCCC1. The van der Waals surface area contributed by atoms with Crippen LogP contribution in [-0.2, 0) is 19.1 Å². The first-order valence-electron chi connectivity index (χ1n) is 10.7. The molecule has 0 aromatic carbocycles. The van der Waals surface area contributed by atoms with Crippen LogP contribution < -0.4 is 0 Å². The molecule has 0 aromatic rings. The molecule has 0 radical (unpaired) electrons. The Labute approximate surface area is 170 Å². The predicted molar refractivity (Wildman–Crippen MR) is 103 cm³/mol. The largest absolute Gasteiger partial charge is 0.481 e. The van der Waals surface area contributed by atoms with Crippen molar-refractivity contribution in [1.29, 1.82) is 0 Å². The van der Waals surface area contributed by atoms with Crippen LogP contribution in [0.4, 0.5) is 0 Å². The number of ether oxygens (including phenoxy) is 1. The highest BCUT2D eigenvalue weighted by atomic mass is 16.5. The molecule has 2 bridgehead atoms. The van der Waals surface area contributed by atoms with Gasteiger partial charge in [-0.2, -0.15) is 0 Å². The lowest BCUT2D eigenvalue weighted by Crippen LogP contribution is -2.58. The standard InChI is InChI=1S/C21H30N2O6/c1-2-10-22(13-6-4-3-5-7-13)19(26)17-21-9-8-14(29-21)15(20(27)28)16(21)18(25)23(17)11-12-24/h2,13-17,24H,1,3-12H2,(H,27,28)/t14-,15+,16-,17?,21?/m0/s1. The minimum atomic E-state index is -1.11. The van der Waals surface area contributed by atoms with Crippen LogP contribution in [0.15, 0.2) is 12.7 Å². The molecule has 0 aromatic heterocycles. The monoisotopic (exact) mass is 406 g/mol. The third kappa shape index (κ3) is 2.99. The average molecular weight is 406 g/mol. The molecule has 5 atom stereocenters. The Bertz CT molecular complexity index is 705. The van der Waals surface area contributed by atoms with Gasteiger partial charge in [-0.3, -0.25) is 14.4 Å². The number of carboxylic acid groups (broad SMARTS) is 1. The van der Waals surface area contributed by atoms with Gasteiger partial charge in [-0.1, -0.05) is 25.3 Å². The lowest BCUT2D eigenvalue weighted by atomic mass is 9.70. The van der Waals surface area contributed by atoms with Crippen LogP contribution in [0.2, 0.25) is 0 Å². The number of aliphatic carboxylic acids is 1. The van der Waals surface area contributed by atoms with Crippen LogP contribution in [0.3, 0.4) is 0 Å². The molecule has 2 unspecified atom stereocenters. The van der Waals surface area contributed by atoms with Crippen molar-refractivity contribution in [3.8, 4) is 0 Å². The molecule has 4 rings (SSSR count). The summed E-state index contributed by atoms with van der Waals surface area (Å²) in [6.07, 6.45) is 7.28. The number of carbonyl (C=O) groups is 3. The Morgan fingerprint density at radius 1 is 1.28 bits per heavy atom. The molecule has 8 nitrogen and oxygen atoms in total. The van der Waals surface area contributed by atoms with E-state index < -0.39 is 35.6 Å². The fourth-order valence-corrected chi connectivity index (χ4v) is 6.17. The van der Waals surface area contributed by atoms with Gasteiger partial charge in [0.25, 0.3) is 0 Å². The molecule has 3 heterocycles. The third-order valence-corrected chi connectivity index (χ3v) is 7.28. The molecule has 29 heavy (non-hydrogen) atoms. The molecule has 2 N–H and O–H groups in total. The van der Waals surface area contributed by atoms with E-state index in [2.05, 4.69) is 6.58 Å². The van der Waals surface area contributed by atoms with Gasteiger partial charge in [0, 0.05) is 19.1 Å². The van der Waals surface area contributed by atoms with Crippen molar-refractivity contribution in [2.75, 3.05) is 19.7 Å². The third-order valence-electron chi connectivity index (χ3n) is 7.28. The van der Waals surface area contributed by atoms with Gasteiger partial charge in [-0.05, 0) is 25.7 Å². The molecule has 2 amide bonds. The fourth-order valence-electron chi connectivity index (χ4n) is 6.17. The second kappa shape index (κ2) is 7.72. The number of hydrogen-bond acceptors (Lipinski definition) is 5. The van der Waals surface area contributed by atoms with Crippen molar-refractivity contribution in [1.82, 2.24) is 9.80 Å². The van der Waals surface area contributed by atoms with Crippen molar-refractivity contribution in [2.24, 2.45) is 11.8 Å². The predicted octanol–water partition coefficient (Wildman–Crippen LogP) is 0.785. The number of β-amino-alcohol motifs (C(OH)–C–C–N with tert-alkyl or cyclic N) is 1. The van der Waals surface area contributed by atoms with E-state index in [1.54, 1.807) is 11.0 Å².